The van der Waals surface area contributed by atoms with Crippen LogP contribution in [0.15, 0.2) is 42.5 Å². The van der Waals surface area contributed by atoms with Gasteiger partial charge in [-0.05, 0) is 30.3 Å². The van der Waals surface area contributed by atoms with Crippen LogP contribution in [0.3, 0.4) is 0 Å². The van der Waals surface area contributed by atoms with Crippen molar-refractivity contribution in [3.05, 3.63) is 53.3 Å². The van der Waals surface area contributed by atoms with Gasteiger partial charge in [0.25, 0.3) is 5.91 Å². The van der Waals surface area contributed by atoms with Crippen LogP contribution >= 0.6 is 11.6 Å². The summed E-state index contributed by atoms with van der Waals surface area (Å²) in [6.45, 7) is -0.251. The molecule has 4 nitrogen and oxygen atoms in total. The molecule has 1 amide bonds. The number of benzene rings is 2. The number of methoxy groups -OCH3 is 1. The van der Waals surface area contributed by atoms with Gasteiger partial charge in [0.1, 0.15) is 17.3 Å². The van der Waals surface area contributed by atoms with Gasteiger partial charge < -0.3 is 14.8 Å². The van der Waals surface area contributed by atoms with Crippen molar-refractivity contribution in [2.75, 3.05) is 19.0 Å². The van der Waals surface area contributed by atoms with Crippen LogP contribution in [0.1, 0.15) is 0 Å². The highest BCUT2D eigenvalue weighted by molar-refractivity contribution is 6.30. The Balaban J connectivity index is 1.94. The minimum atomic E-state index is -0.561. The lowest BCUT2D eigenvalue weighted by molar-refractivity contribution is -0.118. The van der Waals surface area contributed by atoms with Gasteiger partial charge in [-0.25, -0.2) is 4.39 Å². The number of hydrogen-bond acceptors (Lipinski definition) is 3. The molecular formula is C15H13ClFNO3. The summed E-state index contributed by atoms with van der Waals surface area (Å²) in [6, 6.07) is 10.8. The van der Waals surface area contributed by atoms with Crippen molar-refractivity contribution in [1.82, 2.24) is 0 Å². The zero-order valence-corrected chi connectivity index (χ0v) is 12.0. The minimum absolute atomic E-state index is 0.0155. The predicted molar refractivity (Wildman–Crippen MR) is 78.5 cm³/mol. The molecule has 2 rings (SSSR count). The number of amides is 1. The van der Waals surface area contributed by atoms with E-state index in [0.29, 0.717) is 16.5 Å². The van der Waals surface area contributed by atoms with Gasteiger partial charge in [-0.3, -0.25) is 4.79 Å². The fourth-order valence-corrected chi connectivity index (χ4v) is 1.79. The molecule has 1 N–H and O–H groups in total. The summed E-state index contributed by atoms with van der Waals surface area (Å²) in [5, 5.41) is 2.73. The van der Waals surface area contributed by atoms with E-state index >= 15 is 0 Å². The van der Waals surface area contributed by atoms with Crippen molar-refractivity contribution >= 4 is 23.2 Å². The summed E-state index contributed by atoms with van der Waals surface area (Å²) in [5.74, 6) is 0.0537. The molecule has 21 heavy (non-hydrogen) atoms. The molecule has 0 saturated carbocycles. The Hall–Kier alpha value is -2.27. The molecule has 6 heteroatoms. The molecule has 110 valence electrons. The number of anilines is 1. The highest BCUT2D eigenvalue weighted by Gasteiger charge is 2.08. The van der Waals surface area contributed by atoms with Crippen molar-refractivity contribution < 1.29 is 18.7 Å². The number of hydrogen-bond donors (Lipinski definition) is 1. The maximum absolute atomic E-state index is 13.5. The topological polar surface area (TPSA) is 47.6 Å². The third-order valence-corrected chi connectivity index (χ3v) is 2.85. The minimum Gasteiger partial charge on any atom is -0.497 e. The summed E-state index contributed by atoms with van der Waals surface area (Å²) in [7, 11) is 1.54. The summed E-state index contributed by atoms with van der Waals surface area (Å²) in [4.78, 5) is 11.7. The Bertz CT molecular complexity index is 649. The lowest BCUT2D eigenvalue weighted by Gasteiger charge is -2.09. The summed E-state index contributed by atoms with van der Waals surface area (Å²) >= 11 is 5.74. The van der Waals surface area contributed by atoms with E-state index in [1.165, 1.54) is 25.3 Å². The molecule has 0 atom stereocenters. The Kier molecular flexibility index (Phi) is 5.00. The first-order chi connectivity index (χ1) is 10.1. The molecule has 0 bridgehead atoms. The van der Waals surface area contributed by atoms with Crippen molar-refractivity contribution in [2.45, 2.75) is 0 Å². The van der Waals surface area contributed by atoms with E-state index in [4.69, 9.17) is 21.1 Å². The molecule has 0 fully saturated rings. The van der Waals surface area contributed by atoms with Crippen molar-refractivity contribution in [3.8, 4) is 11.5 Å². The van der Waals surface area contributed by atoms with Crippen LogP contribution in [0.5, 0.6) is 11.5 Å². The molecular weight excluding hydrogens is 297 g/mol. The Morgan fingerprint density at radius 2 is 2.00 bits per heavy atom. The van der Waals surface area contributed by atoms with Gasteiger partial charge >= 0.3 is 0 Å². The van der Waals surface area contributed by atoms with Crippen LogP contribution in [0.4, 0.5) is 10.1 Å². The van der Waals surface area contributed by atoms with Crippen LogP contribution in [-0.2, 0) is 4.79 Å². The molecule has 0 saturated heterocycles. The number of carbonyl (C=O) groups excluding carboxylic acids is 1. The van der Waals surface area contributed by atoms with Crippen LogP contribution < -0.4 is 14.8 Å². The van der Waals surface area contributed by atoms with Gasteiger partial charge in [-0.1, -0.05) is 17.7 Å². The van der Waals surface area contributed by atoms with Gasteiger partial charge in [0, 0.05) is 11.1 Å². The number of halogens is 2. The first-order valence-corrected chi connectivity index (χ1v) is 6.48. The molecule has 0 aromatic heterocycles. The number of carbonyl (C=O) groups is 1. The maximum atomic E-state index is 13.5. The SMILES string of the molecule is COc1cccc(OCC(=O)Nc2cc(Cl)ccc2F)c1. The smallest absolute Gasteiger partial charge is 0.262 e. The second-order valence-electron chi connectivity index (χ2n) is 4.14. The molecule has 2 aromatic carbocycles. The van der Waals surface area contributed by atoms with Gasteiger partial charge in [-0.15, -0.1) is 0 Å². The van der Waals surface area contributed by atoms with Crippen molar-refractivity contribution in [3.63, 3.8) is 0 Å². The van der Waals surface area contributed by atoms with Crippen LogP contribution in [0.2, 0.25) is 5.02 Å². The zero-order chi connectivity index (χ0) is 15.2. The van der Waals surface area contributed by atoms with Crippen LogP contribution in [-0.4, -0.2) is 19.6 Å². The monoisotopic (exact) mass is 309 g/mol. The second kappa shape index (κ2) is 6.95. The second-order valence-corrected chi connectivity index (χ2v) is 4.58. The summed E-state index contributed by atoms with van der Waals surface area (Å²) < 4.78 is 23.8. The summed E-state index contributed by atoms with van der Waals surface area (Å²) in [5.41, 5.74) is 0.0155. The first-order valence-electron chi connectivity index (χ1n) is 6.10. The Morgan fingerprint density at radius 3 is 2.76 bits per heavy atom. The number of rotatable bonds is 5. The molecule has 0 spiro atoms. The highest BCUT2D eigenvalue weighted by atomic mass is 35.5. The van der Waals surface area contributed by atoms with E-state index in [1.54, 1.807) is 24.3 Å². The zero-order valence-electron chi connectivity index (χ0n) is 11.2. The van der Waals surface area contributed by atoms with E-state index in [-0.39, 0.29) is 12.3 Å². The third-order valence-electron chi connectivity index (χ3n) is 2.61. The Labute approximate surface area is 126 Å². The standard InChI is InChI=1S/C15H13ClFNO3/c1-20-11-3-2-4-12(8-11)21-9-15(19)18-14-7-10(16)5-6-13(14)17/h2-8H,9H2,1H3,(H,18,19). The molecule has 0 aliphatic rings. The molecule has 0 heterocycles. The number of ether oxygens (including phenoxy) is 2. The highest BCUT2D eigenvalue weighted by Crippen LogP contribution is 2.20. The quantitative estimate of drug-likeness (QED) is 0.919. The maximum Gasteiger partial charge on any atom is 0.262 e. The van der Waals surface area contributed by atoms with Gasteiger partial charge in [-0.2, -0.15) is 0 Å². The largest absolute Gasteiger partial charge is 0.497 e. The summed E-state index contributed by atoms with van der Waals surface area (Å²) in [6.07, 6.45) is 0. The van der Waals surface area contributed by atoms with Gasteiger partial charge in [0.05, 0.1) is 12.8 Å². The first kappa shape index (κ1) is 15.1. The van der Waals surface area contributed by atoms with E-state index in [9.17, 15) is 9.18 Å². The van der Waals surface area contributed by atoms with E-state index in [0.717, 1.165) is 0 Å². The van der Waals surface area contributed by atoms with E-state index in [1.807, 2.05) is 0 Å². The average Bonchev–Trinajstić information content (AvgIpc) is 2.49. The predicted octanol–water partition coefficient (Wildman–Crippen LogP) is 3.51. The Morgan fingerprint density at radius 1 is 1.24 bits per heavy atom. The van der Waals surface area contributed by atoms with Gasteiger partial charge in [0.2, 0.25) is 0 Å². The lowest BCUT2D eigenvalue weighted by Crippen LogP contribution is -2.20. The van der Waals surface area contributed by atoms with E-state index in [2.05, 4.69) is 5.32 Å². The third kappa shape index (κ3) is 4.36. The molecule has 0 aliphatic heterocycles. The van der Waals surface area contributed by atoms with Crippen LogP contribution in [0, 0.1) is 5.82 Å². The van der Waals surface area contributed by atoms with E-state index < -0.39 is 11.7 Å². The molecule has 0 radical (unpaired) electrons. The number of nitrogens with one attached hydrogen (secondary N) is 1. The fraction of sp³-hybridized carbons (Fsp3) is 0.133. The van der Waals surface area contributed by atoms with Crippen molar-refractivity contribution in [1.29, 1.82) is 0 Å². The normalized spacial score (nSPS) is 10.0. The van der Waals surface area contributed by atoms with Crippen molar-refractivity contribution in [2.24, 2.45) is 0 Å². The average molecular weight is 310 g/mol. The van der Waals surface area contributed by atoms with Crippen LogP contribution in [0.25, 0.3) is 0 Å². The molecule has 0 unspecified atom stereocenters. The fourth-order valence-electron chi connectivity index (χ4n) is 1.62. The molecule has 0 aliphatic carbocycles. The lowest BCUT2D eigenvalue weighted by atomic mass is 10.3. The molecule has 2 aromatic rings. The van der Waals surface area contributed by atoms with Gasteiger partial charge in [0.15, 0.2) is 6.61 Å².